The molecular formula is C51H36N2. The van der Waals surface area contributed by atoms with Gasteiger partial charge in [-0.1, -0.05) is 178 Å². The van der Waals surface area contributed by atoms with Crippen molar-refractivity contribution in [2.45, 2.75) is 19.3 Å². The maximum absolute atomic E-state index is 5.36. The van der Waals surface area contributed by atoms with E-state index in [-0.39, 0.29) is 5.41 Å². The van der Waals surface area contributed by atoms with Crippen LogP contribution < -0.4 is 0 Å². The zero-order valence-corrected chi connectivity index (χ0v) is 29.7. The highest BCUT2D eigenvalue weighted by Crippen LogP contribution is 2.54. The third-order valence-corrected chi connectivity index (χ3v) is 11.1. The monoisotopic (exact) mass is 676 g/mol. The van der Waals surface area contributed by atoms with Gasteiger partial charge in [-0.3, -0.25) is 0 Å². The van der Waals surface area contributed by atoms with E-state index >= 15 is 0 Å². The zero-order valence-electron chi connectivity index (χ0n) is 29.7. The molecule has 10 rings (SSSR count). The van der Waals surface area contributed by atoms with Gasteiger partial charge in [-0.2, -0.15) is 0 Å². The average Bonchev–Trinajstić information content (AvgIpc) is 3.45. The Bertz CT molecular complexity index is 2850. The van der Waals surface area contributed by atoms with Gasteiger partial charge in [0, 0.05) is 22.1 Å². The first-order chi connectivity index (χ1) is 26.0. The van der Waals surface area contributed by atoms with Crippen molar-refractivity contribution >= 4 is 21.5 Å². The van der Waals surface area contributed by atoms with Gasteiger partial charge in [0.05, 0.1) is 11.4 Å². The standard InChI is InChI=1S/C51H36N2/c1-51(2)44-27-15-26-42(48(44)43-30-36-21-9-10-22-37(36)31-45(43)51)40-24-13-14-25-41(40)46-32-47(53-50(52-46)35-19-7-4-8-20-35)49-38-23-12-11-18-34(38)28-29-39(49)33-16-5-3-6-17-33/h3-32H,1-2H3. The minimum atomic E-state index is -0.135. The van der Waals surface area contributed by atoms with Gasteiger partial charge in [0.15, 0.2) is 5.82 Å². The number of hydrogen-bond donors (Lipinski definition) is 0. The van der Waals surface area contributed by atoms with Crippen molar-refractivity contribution in [1.29, 1.82) is 0 Å². The van der Waals surface area contributed by atoms with Gasteiger partial charge in [0.2, 0.25) is 0 Å². The number of hydrogen-bond acceptors (Lipinski definition) is 2. The summed E-state index contributed by atoms with van der Waals surface area (Å²) in [6.07, 6.45) is 0. The number of benzene rings is 8. The second-order valence-corrected chi connectivity index (χ2v) is 14.5. The van der Waals surface area contributed by atoms with Gasteiger partial charge in [-0.05, 0) is 84.3 Å². The minimum Gasteiger partial charge on any atom is -0.228 e. The Kier molecular flexibility index (Phi) is 7.19. The summed E-state index contributed by atoms with van der Waals surface area (Å²) in [5, 5.41) is 4.88. The summed E-state index contributed by atoms with van der Waals surface area (Å²) in [5.41, 5.74) is 14.9. The fraction of sp³-hybridized carbons (Fsp3) is 0.0588. The Balaban J connectivity index is 1.24. The molecule has 53 heavy (non-hydrogen) atoms. The van der Waals surface area contributed by atoms with E-state index < -0.39 is 0 Å². The van der Waals surface area contributed by atoms with E-state index in [0.29, 0.717) is 5.82 Å². The van der Waals surface area contributed by atoms with Crippen LogP contribution in [0.3, 0.4) is 0 Å². The predicted octanol–water partition coefficient (Wildman–Crippen LogP) is 13.4. The van der Waals surface area contributed by atoms with Crippen LogP contribution in [0.4, 0.5) is 0 Å². The van der Waals surface area contributed by atoms with Crippen LogP contribution in [-0.2, 0) is 5.41 Å². The third kappa shape index (κ3) is 5.10. The van der Waals surface area contributed by atoms with E-state index in [1.807, 2.05) is 6.07 Å². The molecule has 250 valence electrons. The molecule has 2 heteroatoms. The van der Waals surface area contributed by atoms with E-state index in [2.05, 4.69) is 190 Å². The first-order valence-electron chi connectivity index (χ1n) is 18.3. The summed E-state index contributed by atoms with van der Waals surface area (Å²) in [7, 11) is 0. The summed E-state index contributed by atoms with van der Waals surface area (Å²) < 4.78 is 0. The van der Waals surface area contributed by atoms with Crippen molar-refractivity contribution < 1.29 is 0 Å². The summed E-state index contributed by atoms with van der Waals surface area (Å²) in [4.78, 5) is 10.7. The van der Waals surface area contributed by atoms with Crippen molar-refractivity contribution in [2.24, 2.45) is 0 Å². The lowest BCUT2D eigenvalue weighted by Gasteiger charge is -2.22. The number of fused-ring (bicyclic) bond motifs is 5. The fourth-order valence-corrected chi connectivity index (χ4v) is 8.47. The van der Waals surface area contributed by atoms with Gasteiger partial charge in [-0.15, -0.1) is 0 Å². The quantitative estimate of drug-likeness (QED) is 0.181. The molecule has 0 atom stereocenters. The molecule has 0 unspecified atom stereocenters. The molecule has 0 amide bonds. The first kappa shape index (κ1) is 31.1. The van der Waals surface area contributed by atoms with Crippen molar-refractivity contribution in [3.63, 3.8) is 0 Å². The summed E-state index contributed by atoms with van der Waals surface area (Å²) >= 11 is 0. The molecule has 9 aromatic rings. The predicted molar refractivity (Wildman–Crippen MR) is 222 cm³/mol. The van der Waals surface area contributed by atoms with Crippen LogP contribution in [0.1, 0.15) is 25.0 Å². The van der Waals surface area contributed by atoms with Crippen LogP contribution in [0.2, 0.25) is 0 Å². The first-order valence-corrected chi connectivity index (χ1v) is 18.3. The van der Waals surface area contributed by atoms with Crippen molar-refractivity contribution in [3.8, 4) is 67.3 Å². The summed E-state index contributed by atoms with van der Waals surface area (Å²) in [5.74, 6) is 0.705. The van der Waals surface area contributed by atoms with E-state index in [9.17, 15) is 0 Å². The van der Waals surface area contributed by atoms with Crippen LogP contribution in [0.15, 0.2) is 182 Å². The van der Waals surface area contributed by atoms with Gasteiger partial charge in [-0.25, -0.2) is 9.97 Å². The maximum Gasteiger partial charge on any atom is 0.160 e. The minimum absolute atomic E-state index is 0.135. The highest BCUT2D eigenvalue weighted by molar-refractivity contribution is 6.05. The molecule has 0 radical (unpaired) electrons. The van der Waals surface area contributed by atoms with Crippen molar-refractivity contribution in [3.05, 3.63) is 193 Å². The third-order valence-electron chi connectivity index (χ3n) is 11.1. The molecule has 8 aromatic carbocycles. The largest absolute Gasteiger partial charge is 0.228 e. The smallest absolute Gasteiger partial charge is 0.160 e. The highest BCUT2D eigenvalue weighted by Gasteiger charge is 2.37. The van der Waals surface area contributed by atoms with Crippen LogP contribution in [0.25, 0.3) is 88.8 Å². The lowest BCUT2D eigenvalue weighted by molar-refractivity contribution is 0.661. The second-order valence-electron chi connectivity index (χ2n) is 14.5. The molecule has 0 bridgehead atoms. The van der Waals surface area contributed by atoms with Gasteiger partial charge >= 0.3 is 0 Å². The maximum atomic E-state index is 5.36. The Labute approximate surface area is 310 Å². The van der Waals surface area contributed by atoms with E-state index in [1.54, 1.807) is 0 Å². The second kappa shape index (κ2) is 12.3. The van der Waals surface area contributed by atoms with E-state index in [0.717, 1.165) is 50.2 Å². The van der Waals surface area contributed by atoms with Gasteiger partial charge in [0.25, 0.3) is 0 Å². The van der Waals surface area contributed by atoms with Crippen LogP contribution in [0.5, 0.6) is 0 Å². The molecular weight excluding hydrogens is 641 g/mol. The SMILES string of the molecule is CC1(C)c2cc3ccccc3cc2-c2c(-c3ccccc3-c3cc(-c4c(-c5ccccc5)ccc5ccccc45)nc(-c4ccccc4)n3)cccc21. The lowest BCUT2D eigenvalue weighted by atomic mass is 9.81. The van der Waals surface area contributed by atoms with Crippen LogP contribution in [-0.4, -0.2) is 9.97 Å². The summed E-state index contributed by atoms with van der Waals surface area (Å²) in [6.45, 7) is 4.72. The molecule has 1 aliphatic carbocycles. The number of rotatable bonds is 5. The molecule has 0 N–H and O–H groups in total. The van der Waals surface area contributed by atoms with Crippen molar-refractivity contribution in [1.82, 2.24) is 9.97 Å². The molecule has 0 saturated heterocycles. The Morgan fingerprint density at radius 1 is 0.358 bits per heavy atom. The molecule has 1 heterocycles. The van der Waals surface area contributed by atoms with E-state index in [1.165, 1.54) is 44.0 Å². The normalized spacial score (nSPS) is 12.9. The fourth-order valence-electron chi connectivity index (χ4n) is 8.47. The van der Waals surface area contributed by atoms with Crippen molar-refractivity contribution in [2.75, 3.05) is 0 Å². The van der Waals surface area contributed by atoms with E-state index in [4.69, 9.17) is 9.97 Å². The number of aromatic nitrogens is 2. The van der Waals surface area contributed by atoms with Crippen LogP contribution >= 0.6 is 0 Å². The highest BCUT2D eigenvalue weighted by atomic mass is 14.9. The summed E-state index contributed by atoms with van der Waals surface area (Å²) in [6, 6.07) is 65.4. The average molecular weight is 677 g/mol. The molecule has 0 fully saturated rings. The Hall–Kier alpha value is -6.64. The zero-order chi connectivity index (χ0) is 35.5. The Morgan fingerprint density at radius 3 is 1.74 bits per heavy atom. The molecule has 0 aliphatic heterocycles. The number of nitrogens with zero attached hydrogens (tertiary/aromatic N) is 2. The van der Waals surface area contributed by atoms with Gasteiger partial charge < -0.3 is 0 Å². The van der Waals surface area contributed by atoms with Crippen LogP contribution in [0, 0.1) is 0 Å². The van der Waals surface area contributed by atoms with Gasteiger partial charge in [0.1, 0.15) is 0 Å². The lowest BCUT2D eigenvalue weighted by Crippen LogP contribution is -2.14. The molecule has 0 saturated carbocycles. The topological polar surface area (TPSA) is 25.8 Å². The molecule has 1 aliphatic rings. The molecule has 2 nitrogen and oxygen atoms in total. The Morgan fingerprint density at radius 2 is 0.962 bits per heavy atom. The molecule has 1 aromatic heterocycles. The molecule has 0 spiro atoms.